The molecular formula is C23H20BrN5O5S. The van der Waals surface area contributed by atoms with Crippen molar-refractivity contribution in [2.75, 3.05) is 17.7 Å². The number of anilines is 1. The molecular weight excluding hydrogens is 538 g/mol. The third kappa shape index (κ3) is 5.28. The van der Waals surface area contributed by atoms with Gasteiger partial charge in [-0.05, 0) is 43.7 Å². The Morgan fingerprint density at radius 2 is 1.89 bits per heavy atom. The number of thioether (sulfide) groups is 1. The molecule has 0 amide bonds. The van der Waals surface area contributed by atoms with E-state index in [2.05, 4.69) is 31.3 Å². The lowest BCUT2D eigenvalue weighted by Gasteiger charge is -2.28. The number of hydrogen-bond donors (Lipinski definition) is 1. The van der Waals surface area contributed by atoms with Crippen LogP contribution in [0.25, 0.3) is 0 Å². The maximum Gasteiger partial charge on any atom is 0.338 e. The third-order valence-corrected chi connectivity index (χ3v) is 6.61. The Morgan fingerprint density at radius 3 is 2.51 bits per heavy atom. The summed E-state index contributed by atoms with van der Waals surface area (Å²) in [5.74, 6) is -0.0828. The Hall–Kier alpha value is -3.51. The number of halogens is 1. The minimum atomic E-state index is -0.713. The van der Waals surface area contributed by atoms with Crippen LogP contribution in [-0.4, -0.2) is 43.8 Å². The van der Waals surface area contributed by atoms with Crippen molar-refractivity contribution in [1.29, 1.82) is 0 Å². The molecule has 2 aromatic carbocycles. The summed E-state index contributed by atoms with van der Waals surface area (Å²) < 4.78 is 7.68. The lowest BCUT2D eigenvalue weighted by Crippen LogP contribution is -2.29. The number of fused-ring (bicyclic) bond motifs is 1. The van der Waals surface area contributed by atoms with Gasteiger partial charge >= 0.3 is 5.97 Å². The highest BCUT2D eigenvalue weighted by molar-refractivity contribution is 9.10. The molecule has 0 spiro atoms. The quantitative estimate of drug-likeness (QED) is 0.137. The molecule has 1 N–H and O–H groups in total. The number of ether oxygens (including phenoxy) is 1. The van der Waals surface area contributed by atoms with Gasteiger partial charge in [-0.2, -0.15) is 4.98 Å². The van der Waals surface area contributed by atoms with Crippen molar-refractivity contribution in [3.63, 3.8) is 0 Å². The first-order valence-corrected chi connectivity index (χ1v) is 12.3. The molecule has 1 aromatic heterocycles. The number of carbonyl (C=O) groups excluding carboxylic acids is 2. The van der Waals surface area contributed by atoms with Gasteiger partial charge in [0.15, 0.2) is 5.78 Å². The Bertz CT molecular complexity index is 1320. The van der Waals surface area contributed by atoms with Gasteiger partial charge in [0.2, 0.25) is 11.1 Å². The van der Waals surface area contributed by atoms with Crippen LogP contribution in [-0.2, 0) is 9.53 Å². The van der Waals surface area contributed by atoms with Crippen LogP contribution in [0, 0.1) is 10.1 Å². The van der Waals surface area contributed by atoms with Crippen molar-refractivity contribution < 1.29 is 19.2 Å². The van der Waals surface area contributed by atoms with Gasteiger partial charge in [-0.25, -0.2) is 9.48 Å². The van der Waals surface area contributed by atoms with Gasteiger partial charge in [0, 0.05) is 27.9 Å². The predicted molar refractivity (Wildman–Crippen MR) is 133 cm³/mol. The number of Topliss-reactive ketones (excluding diaryl/α,β-unsaturated/α-hetero) is 1. The van der Waals surface area contributed by atoms with Gasteiger partial charge in [0.25, 0.3) is 5.69 Å². The SMILES string of the molecule is CCOC(=O)C1=C(C)Nc2nc(SCC(=O)c3ccc(Br)cc3)nn2[C@@H]1c1ccc([N+](=O)[O-])cc1. The molecule has 4 rings (SSSR count). The summed E-state index contributed by atoms with van der Waals surface area (Å²) in [7, 11) is 0. The number of hydrogen-bond acceptors (Lipinski definition) is 9. The van der Waals surface area contributed by atoms with E-state index in [9.17, 15) is 19.7 Å². The molecule has 0 aliphatic carbocycles. The zero-order valence-electron chi connectivity index (χ0n) is 18.7. The molecule has 3 aromatic rings. The average Bonchev–Trinajstić information content (AvgIpc) is 3.24. The largest absolute Gasteiger partial charge is 0.463 e. The van der Waals surface area contributed by atoms with Crippen molar-refractivity contribution in [3.8, 4) is 0 Å². The van der Waals surface area contributed by atoms with Gasteiger partial charge in [-0.15, -0.1) is 5.10 Å². The first kappa shape index (κ1) is 24.6. The third-order valence-electron chi connectivity index (χ3n) is 5.25. The minimum absolute atomic E-state index is 0.0671. The van der Waals surface area contributed by atoms with E-state index in [1.54, 1.807) is 50.2 Å². The van der Waals surface area contributed by atoms with Crippen LogP contribution in [0.3, 0.4) is 0 Å². The summed E-state index contributed by atoms with van der Waals surface area (Å²) in [6.45, 7) is 3.63. The molecule has 1 atom stereocenters. The van der Waals surface area contributed by atoms with E-state index in [0.29, 0.717) is 33.5 Å². The molecule has 0 bridgehead atoms. The van der Waals surface area contributed by atoms with Crippen LogP contribution in [0.1, 0.15) is 35.8 Å². The number of nitro benzene ring substituents is 1. The van der Waals surface area contributed by atoms with E-state index in [4.69, 9.17) is 4.74 Å². The lowest BCUT2D eigenvalue weighted by molar-refractivity contribution is -0.384. The first-order chi connectivity index (χ1) is 16.8. The molecule has 180 valence electrons. The van der Waals surface area contributed by atoms with Gasteiger partial charge in [-0.3, -0.25) is 14.9 Å². The molecule has 12 heteroatoms. The smallest absolute Gasteiger partial charge is 0.338 e. The van der Waals surface area contributed by atoms with Gasteiger partial charge in [0.1, 0.15) is 6.04 Å². The molecule has 0 unspecified atom stereocenters. The molecule has 2 heterocycles. The molecule has 1 aliphatic heterocycles. The lowest BCUT2D eigenvalue weighted by atomic mass is 9.95. The Kier molecular flexibility index (Phi) is 7.31. The number of nitrogens with one attached hydrogen (secondary N) is 1. The number of esters is 1. The fourth-order valence-corrected chi connectivity index (χ4v) is 4.59. The highest BCUT2D eigenvalue weighted by Crippen LogP contribution is 2.37. The number of carbonyl (C=O) groups is 2. The number of nitrogens with zero attached hydrogens (tertiary/aromatic N) is 4. The summed E-state index contributed by atoms with van der Waals surface area (Å²) >= 11 is 4.53. The van der Waals surface area contributed by atoms with E-state index >= 15 is 0 Å². The van der Waals surface area contributed by atoms with Crippen LogP contribution in [0.5, 0.6) is 0 Å². The fourth-order valence-electron chi connectivity index (χ4n) is 3.60. The number of non-ortho nitro benzene ring substituents is 1. The molecule has 1 aliphatic rings. The van der Waals surface area contributed by atoms with E-state index in [-0.39, 0.29) is 23.8 Å². The predicted octanol–water partition coefficient (Wildman–Crippen LogP) is 4.78. The van der Waals surface area contributed by atoms with Gasteiger partial charge < -0.3 is 10.1 Å². The second-order valence-corrected chi connectivity index (χ2v) is 9.37. The van der Waals surface area contributed by atoms with E-state index in [1.165, 1.54) is 28.6 Å². The van der Waals surface area contributed by atoms with Crippen LogP contribution in [0.15, 0.2) is 69.4 Å². The van der Waals surface area contributed by atoms with E-state index in [1.807, 2.05) is 0 Å². The van der Waals surface area contributed by atoms with Crippen molar-refractivity contribution in [1.82, 2.24) is 14.8 Å². The zero-order valence-corrected chi connectivity index (χ0v) is 21.1. The second-order valence-electron chi connectivity index (χ2n) is 7.52. The Balaban J connectivity index is 1.65. The summed E-state index contributed by atoms with van der Waals surface area (Å²) in [5, 5.41) is 19.1. The van der Waals surface area contributed by atoms with Crippen LogP contribution >= 0.6 is 27.7 Å². The number of rotatable bonds is 8. The van der Waals surface area contributed by atoms with Crippen molar-refractivity contribution in [2.24, 2.45) is 0 Å². The number of allylic oxidation sites excluding steroid dienone is 1. The summed E-state index contributed by atoms with van der Waals surface area (Å²) in [6, 6.07) is 12.3. The molecule has 0 saturated heterocycles. The summed E-state index contributed by atoms with van der Waals surface area (Å²) in [4.78, 5) is 40.5. The highest BCUT2D eigenvalue weighted by atomic mass is 79.9. The normalized spacial score (nSPS) is 14.8. The van der Waals surface area contributed by atoms with Crippen molar-refractivity contribution >= 4 is 51.1 Å². The number of benzene rings is 2. The van der Waals surface area contributed by atoms with Gasteiger partial charge in [-0.1, -0.05) is 39.8 Å². The molecule has 0 fully saturated rings. The van der Waals surface area contributed by atoms with Crippen LogP contribution < -0.4 is 5.32 Å². The minimum Gasteiger partial charge on any atom is -0.463 e. The zero-order chi connectivity index (χ0) is 25.1. The molecule has 0 saturated carbocycles. The van der Waals surface area contributed by atoms with Crippen LogP contribution in [0.4, 0.5) is 11.6 Å². The van der Waals surface area contributed by atoms with Crippen molar-refractivity contribution in [2.45, 2.75) is 25.0 Å². The van der Waals surface area contributed by atoms with E-state index in [0.717, 1.165) is 4.47 Å². The molecule has 35 heavy (non-hydrogen) atoms. The first-order valence-electron chi connectivity index (χ1n) is 10.6. The molecule has 0 radical (unpaired) electrons. The van der Waals surface area contributed by atoms with Crippen molar-refractivity contribution in [3.05, 3.63) is 85.5 Å². The van der Waals surface area contributed by atoms with Crippen LogP contribution in [0.2, 0.25) is 0 Å². The fraction of sp³-hybridized carbons (Fsp3) is 0.217. The maximum absolute atomic E-state index is 12.8. The van der Waals surface area contributed by atoms with Gasteiger partial charge in [0.05, 0.1) is 22.9 Å². The summed E-state index contributed by atoms with van der Waals surface area (Å²) in [5.41, 5.74) is 1.97. The standard InChI is InChI=1S/C23H20BrN5O5S/c1-3-34-21(31)19-13(2)25-22-26-23(35-12-18(30)14-4-8-16(24)9-5-14)27-28(22)20(19)15-6-10-17(11-7-15)29(32)33/h4-11,20H,3,12H2,1-2H3,(H,25,26,27)/t20-/m1/s1. The number of nitro groups is 1. The number of ketones is 1. The maximum atomic E-state index is 12.8. The topological polar surface area (TPSA) is 129 Å². The summed E-state index contributed by atoms with van der Waals surface area (Å²) in [6.07, 6.45) is 0. The monoisotopic (exact) mass is 557 g/mol. The highest BCUT2D eigenvalue weighted by Gasteiger charge is 2.35. The average molecular weight is 558 g/mol. The Morgan fingerprint density at radius 1 is 1.20 bits per heavy atom. The number of aromatic nitrogens is 3. The second kappa shape index (κ2) is 10.4. The Labute approximate surface area is 213 Å². The van der Waals surface area contributed by atoms with E-state index < -0.39 is 16.9 Å². The molecule has 10 nitrogen and oxygen atoms in total.